The van der Waals surface area contributed by atoms with E-state index in [-0.39, 0.29) is 29.6 Å². The van der Waals surface area contributed by atoms with Crippen molar-refractivity contribution >= 4 is 21.6 Å². The molecule has 0 aromatic heterocycles. The van der Waals surface area contributed by atoms with Crippen molar-refractivity contribution in [2.45, 2.75) is 74.8 Å². The van der Waals surface area contributed by atoms with E-state index >= 15 is 0 Å². The number of hydrogen-bond donors (Lipinski definition) is 2. The zero-order valence-corrected chi connectivity index (χ0v) is 15.9. The molecule has 1 aromatic rings. The third-order valence-electron chi connectivity index (χ3n) is 5.13. The second-order valence-corrected chi connectivity index (χ2v) is 8.96. The van der Waals surface area contributed by atoms with Crippen molar-refractivity contribution in [3.05, 3.63) is 24.3 Å². The number of hydrogen-bond acceptors (Lipinski definition) is 4. The molecule has 0 unspecified atom stereocenters. The van der Waals surface area contributed by atoms with Gasteiger partial charge < -0.3 is 10.1 Å². The molecular formula is C19H28N2O4S. The van der Waals surface area contributed by atoms with Gasteiger partial charge in [0.2, 0.25) is 15.9 Å². The number of carbonyl (C=O) groups excluding carboxylic acids is 1. The van der Waals surface area contributed by atoms with Gasteiger partial charge in [0, 0.05) is 11.7 Å². The van der Waals surface area contributed by atoms with E-state index in [1.54, 1.807) is 12.1 Å². The summed E-state index contributed by atoms with van der Waals surface area (Å²) in [5.41, 5.74) is 0.571. The van der Waals surface area contributed by atoms with Crippen LogP contribution in [0.1, 0.15) is 57.8 Å². The molecule has 2 N–H and O–H groups in total. The number of sulfonamides is 1. The number of nitrogens with one attached hydrogen (secondary N) is 2. The maximum atomic E-state index is 12.4. The van der Waals surface area contributed by atoms with Crippen molar-refractivity contribution in [1.82, 2.24) is 4.72 Å². The van der Waals surface area contributed by atoms with Crippen molar-refractivity contribution in [1.29, 1.82) is 0 Å². The van der Waals surface area contributed by atoms with Crippen LogP contribution in [0, 0.1) is 0 Å². The number of carbonyl (C=O) groups is 1. The monoisotopic (exact) mass is 380 g/mol. The molecule has 0 saturated heterocycles. The molecular weight excluding hydrogens is 352 g/mol. The molecule has 2 fully saturated rings. The van der Waals surface area contributed by atoms with E-state index in [0.717, 1.165) is 51.4 Å². The summed E-state index contributed by atoms with van der Waals surface area (Å²) in [6, 6.07) is 6.31. The van der Waals surface area contributed by atoms with E-state index in [0.29, 0.717) is 5.69 Å². The molecule has 0 heterocycles. The van der Waals surface area contributed by atoms with Gasteiger partial charge in [-0.1, -0.05) is 32.1 Å². The maximum Gasteiger partial charge on any atom is 0.250 e. The molecule has 26 heavy (non-hydrogen) atoms. The zero-order chi connectivity index (χ0) is 18.4. The Morgan fingerprint density at radius 3 is 2.23 bits per heavy atom. The van der Waals surface area contributed by atoms with Gasteiger partial charge in [-0.3, -0.25) is 4.79 Å². The van der Waals surface area contributed by atoms with Gasteiger partial charge in [-0.2, -0.15) is 0 Å². The molecule has 1 aromatic carbocycles. The molecule has 144 valence electrons. The third kappa shape index (κ3) is 5.53. The highest BCUT2D eigenvalue weighted by atomic mass is 32.2. The van der Waals surface area contributed by atoms with Crippen molar-refractivity contribution < 1.29 is 17.9 Å². The molecule has 0 spiro atoms. The fourth-order valence-electron chi connectivity index (χ4n) is 3.67. The smallest absolute Gasteiger partial charge is 0.250 e. The minimum Gasteiger partial charge on any atom is -0.368 e. The van der Waals surface area contributed by atoms with Crippen molar-refractivity contribution in [2.75, 3.05) is 11.9 Å². The molecule has 2 aliphatic rings. The Kier molecular flexibility index (Phi) is 6.67. The van der Waals surface area contributed by atoms with Gasteiger partial charge in [0.25, 0.3) is 0 Å². The lowest BCUT2D eigenvalue weighted by atomic mass is 9.98. The number of benzene rings is 1. The summed E-state index contributed by atoms with van der Waals surface area (Å²) in [5, 5.41) is 2.75. The molecule has 7 heteroatoms. The highest BCUT2D eigenvalue weighted by Crippen LogP contribution is 2.22. The number of ether oxygens (including phenoxy) is 1. The highest BCUT2D eigenvalue weighted by molar-refractivity contribution is 7.89. The molecule has 0 atom stereocenters. The molecule has 2 saturated carbocycles. The van der Waals surface area contributed by atoms with Gasteiger partial charge >= 0.3 is 0 Å². The van der Waals surface area contributed by atoms with Gasteiger partial charge in [0.05, 0.1) is 11.0 Å². The third-order valence-corrected chi connectivity index (χ3v) is 6.66. The number of amides is 1. The Balaban J connectivity index is 1.49. The Morgan fingerprint density at radius 2 is 1.58 bits per heavy atom. The molecule has 0 radical (unpaired) electrons. The Bertz CT molecular complexity index is 691. The minimum absolute atomic E-state index is 0.0357. The first-order valence-corrected chi connectivity index (χ1v) is 11.0. The Hall–Kier alpha value is -1.44. The van der Waals surface area contributed by atoms with Gasteiger partial charge in [0.1, 0.15) is 6.61 Å². The molecule has 3 rings (SSSR count). The van der Waals surface area contributed by atoms with Gasteiger partial charge in [-0.25, -0.2) is 13.1 Å². The first-order chi connectivity index (χ1) is 12.5. The van der Waals surface area contributed by atoms with Crippen LogP contribution in [0.3, 0.4) is 0 Å². The fourth-order valence-corrected chi connectivity index (χ4v) is 4.98. The summed E-state index contributed by atoms with van der Waals surface area (Å²) in [7, 11) is -3.50. The van der Waals surface area contributed by atoms with Crippen molar-refractivity contribution in [3.63, 3.8) is 0 Å². The normalized spacial score (nSPS) is 19.5. The second-order valence-electron chi connectivity index (χ2n) is 7.25. The molecule has 2 aliphatic carbocycles. The summed E-state index contributed by atoms with van der Waals surface area (Å²) in [5.74, 6) is -0.213. The van der Waals surface area contributed by atoms with Crippen LogP contribution < -0.4 is 10.0 Å². The van der Waals surface area contributed by atoms with Crippen LogP contribution in [0.15, 0.2) is 29.2 Å². The molecule has 6 nitrogen and oxygen atoms in total. The van der Waals surface area contributed by atoms with Crippen molar-refractivity contribution in [3.8, 4) is 0 Å². The fraction of sp³-hybridized carbons (Fsp3) is 0.632. The number of anilines is 1. The van der Waals surface area contributed by atoms with Crippen LogP contribution in [-0.2, 0) is 19.6 Å². The lowest BCUT2D eigenvalue weighted by Crippen LogP contribution is -2.32. The topological polar surface area (TPSA) is 84.5 Å². The van der Waals surface area contributed by atoms with E-state index in [2.05, 4.69) is 10.0 Å². The first kappa shape index (κ1) is 19.3. The second kappa shape index (κ2) is 8.97. The van der Waals surface area contributed by atoms with E-state index in [9.17, 15) is 13.2 Å². The van der Waals surface area contributed by atoms with Crippen LogP contribution in [0.25, 0.3) is 0 Å². The van der Waals surface area contributed by atoms with Crippen LogP contribution in [0.2, 0.25) is 0 Å². The quantitative estimate of drug-likeness (QED) is 0.761. The van der Waals surface area contributed by atoms with Crippen LogP contribution in [0.5, 0.6) is 0 Å². The average Bonchev–Trinajstić information content (AvgIpc) is 3.14. The zero-order valence-electron chi connectivity index (χ0n) is 15.1. The Morgan fingerprint density at radius 1 is 0.962 bits per heavy atom. The van der Waals surface area contributed by atoms with Gasteiger partial charge in [-0.15, -0.1) is 0 Å². The van der Waals surface area contributed by atoms with Gasteiger partial charge in [0.15, 0.2) is 0 Å². The summed E-state index contributed by atoms with van der Waals surface area (Å²) in [4.78, 5) is 12.2. The maximum absolute atomic E-state index is 12.4. The predicted octanol–water partition coefficient (Wildman–Crippen LogP) is 3.20. The van der Waals surface area contributed by atoms with Gasteiger partial charge in [-0.05, 0) is 49.9 Å². The molecule has 0 bridgehead atoms. The van der Waals surface area contributed by atoms with Crippen LogP contribution in [0.4, 0.5) is 5.69 Å². The summed E-state index contributed by atoms with van der Waals surface area (Å²) >= 11 is 0. The molecule has 1 amide bonds. The van der Waals surface area contributed by atoms with E-state index in [1.807, 2.05) is 0 Å². The Labute approximate surface area is 155 Å². The predicted molar refractivity (Wildman–Crippen MR) is 100 cm³/mol. The SMILES string of the molecule is O=C(COC1CCCCC1)Nc1ccc(S(=O)(=O)NC2CCCC2)cc1. The van der Waals surface area contributed by atoms with E-state index in [4.69, 9.17) is 4.74 Å². The summed E-state index contributed by atoms with van der Waals surface area (Å²) in [6.45, 7) is 0.0357. The molecule has 0 aliphatic heterocycles. The first-order valence-electron chi connectivity index (χ1n) is 9.57. The number of rotatable bonds is 7. The average molecular weight is 381 g/mol. The van der Waals surface area contributed by atoms with Crippen LogP contribution >= 0.6 is 0 Å². The highest BCUT2D eigenvalue weighted by Gasteiger charge is 2.22. The standard InChI is InChI=1S/C19H28N2O4S/c22-19(14-25-17-8-2-1-3-9-17)20-15-10-12-18(13-11-15)26(23,24)21-16-6-4-5-7-16/h10-13,16-17,21H,1-9,14H2,(H,20,22). The minimum atomic E-state index is -3.50. The van der Waals surface area contributed by atoms with Crippen LogP contribution in [-0.4, -0.2) is 33.1 Å². The summed E-state index contributed by atoms with van der Waals surface area (Å²) in [6.07, 6.45) is 9.74. The van der Waals surface area contributed by atoms with E-state index < -0.39 is 10.0 Å². The lowest BCUT2D eigenvalue weighted by molar-refractivity contribution is -0.123. The lowest BCUT2D eigenvalue weighted by Gasteiger charge is -2.21. The van der Waals surface area contributed by atoms with Crippen molar-refractivity contribution in [2.24, 2.45) is 0 Å². The summed E-state index contributed by atoms with van der Waals surface area (Å²) < 4.78 is 33.2. The largest absolute Gasteiger partial charge is 0.368 e. The van der Waals surface area contributed by atoms with E-state index in [1.165, 1.54) is 18.6 Å².